The lowest BCUT2D eigenvalue weighted by Gasteiger charge is -2.30. The zero-order chi connectivity index (χ0) is 18.0. The summed E-state index contributed by atoms with van der Waals surface area (Å²) in [7, 11) is 0. The minimum absolute atomic E-state index is 0.648. The van der Waals surface area contributed by atoms with Gasteiger partial charge in [0.25, 0.3) is 5.82 Å². The van der Waals surface area contributed by atoms with E-state index in [2.05, 4.69) is 46.5 Å². The Kier molecular flexibility index (Phi) is 5.16. The number of aromatic amines is 1. The highest BCUT2D eigenvalue weighted by Gasteiger charge is 2.26. The van der Waals surface area contributed by atoms with Gasteiger partial charge in [0.05, 0.1) is 11.8 Å². The molecule has 0 saturated carbocycles. The zero-order valence-corrected chi connectivity index (χ0v) is 15.9. The maximum atomic E-state index is 9.46. The first-order valence-electron chi connectivity index (χ1n) is 8.69. The quantitative estimate of drug-likeness (QED) is 0.842. The van der Waals surface area contributed by atoms with Gasteiger partial charge in [0.1, 0.15) is 36.9 Å². The fraction of sp³-hybridized carbons (Fsp3) is 0.421. The van der Waals surface area contributed by atoms with Gasteiger partial charge in [0, 0.05) is 11.8 Å². The Hall–Kier alpha value is -2.23. The van der Waals surface area contributed by atoms with Gasteiger partial charge in [-0.05, 0) is 38.0 Å². The fourth-order valence-electron chi connectivity index (χ4n) is 3.46. The molecule has 0 aromatic carbocycles. The van der Waals surface area contributed by atoms with Crippen molar-refractivity contribution in [2.45, 2.75) is 27.4 Å². The number of nitrogens with zero attached hydrogens (tertiary/aromatic N) is 3. The third kappa shape index (κ3) is 3.44. The van der Waals surface area contributed by atoms with E-state index in [0.717, 1.165) is 38.4 Å². The van der Waals surface area contributed by atoms with Crippen molar-refractivity contribution in [1.29, 1.82) is 5.26 Å². The number of pyridine rings is 2. The highest BCUT2D eigenvalue weighted by atomic mass is 32.1. The predicted octanol–water partition coefficient (Wildman–Crippen LogP) is 1.19. The molecule has 0 atom stereocenters. The van der Waals surface area contributed by atoms with Gasteiger partial charge in [-0.25, -0.2) is 4.98 Å². The number of anilines is 1. The van der Waals surface area contributed by atoms with Crippen molar-refractivity contribution in [3.8, 4) is 6.07 Å². The van der Waals surface area contributed by atoms with Gasteiger partial charge in [-0.3, -0.25) is 9.47 Å². The summed E-state index contributed by atoms with van der Waals surface area (Å²) in [4.78, 5) is 7.19. The molecule has 2 N–H and O–H groups in total. The molecule has 3 rings (SSSR count). The van der Waals surface area contributed by atoms with Crippen molar-refractivity contribution in [3.05, 3.63) is 51.4 Å². The summed E-state index contributed by atoms with van der Waals surface area (Å²) in [5, 5.41) is 9.46. The maximum absolute atomic E-state index is 9.46. The summed E-state index contributed by atoms with van der Waals surface area (Å²) in [6, 6.07) is 8.47. The molecule has 130 valence electrons. The first kappa shape index (κ1) is 17.6. The highest BCUT2D eigenvalue weighted by molar-refractivity contribution is 7.71. The van der Waals surface area contributed by atoms with Crippen LogP contribution >= 0.6 is 12.2 Å². The summed E-state index contributed by atoms with van der Waals surface area (Å²) in [5.74, 6) is 1.17. The Labute approximate surface area is 154 Å². The van der Waals surface area contributed by atoms with Crippen molar-refractivity contribution in [3.63, 3.8) is 0 Å². The van der Waals surface area contributed by atoms with E-state index in [1.165, 1.54) is 22.0 Å². The first-order chi connectivity index (χ1) is 12.0. The summed E-state index contributed by atoms with van der Waals surface area (Å²) < 4.78 is 2.82. The zero-order valence-electron chi connectivity index (χ0n) is 15.1. The molecular formula is C19H25N5S+2. The lowest BCUT2D eigenvalue weighted by atomic mass is 10.0. The van der Waals surface area contributed by atoms with Crippen LogP contribution in [0.5, 0.6) is 0 Å². The number of piperazine rings is 1. The number of rotatable bonds is 3. The summed E-state index contributed by atoms with van der Waals surface area (Å²) in [5.41, 5.74) is 4.01. The van der Waals surface area contributed by atoms with Crippen molar-refractivity contribution < 1.29 is 9.88 Å². The summed E-state index contributed by atoms with van der Waals surface area (Å²) in [6.45, 7) is 11.1. The number of nitriles is 1. The molecule has 6 heteroatoms. The molecule has 0 unspecified atom stereocenters. The first-order valence-corrected chi connectivity index (χ1v) is 9.09. The largest absolute Gasteiger partial charge is 0.311 e. The van der Waals surface area contributed by atoms with E-state index in [-0.39, 0.29) is 0 Å². The molecule has 2 aromatic rings. The van der Waals surface area contributed by atoms with Gasteiger partial charge in [0.15, 0.2) is 6.67 Å². The van der Waals surface area contributed by atoms with Gasteiger partial charge in [-0.2, -0.15) is 5.26 Å². The molecule has 1 saturated heterocycles. The number of nitrogens with one attached hydrogen (secondary N) is 2. The third-order valence-corrected chi connectivity index (χ3v) is 5.77. The van der Waals surface area contributed by atoms with Gasteiger partial charge in [0.2, 0.25) is 0 Å². The second kappa shape index (κ2) is 7.34. The smallest absolute Gasteiger partial charge is 0.274 e. The third-order valence-electron chi connectivity index (χ3n) is 5.34. The average molecular weight is 356 g/mol. The molecule has 25 heavy (non-hydrogen) atoms. The molecule has 0 amide bonds. The van der Waals surface area contributed by atoms with Crippen LogP contribution in [-0.4, -0.2) is 30.7 Å². The minimum atomic E-state index is 0.648. The molecule has 1 aliphatic rings. The van der Waals surface area contributed by atoms with E-state index in [0.29, 0.717) is 10.2 Å². The number of quaternary nitrogens is 1. The van der Waals surface area contributed by atoms with E-state index < -0.39 is 0 Å². The molecule has 2 aromatic heterocycles. The average Bonchev–Trinajstić information content (AvgIpc) is 2.65. The van der Waals surface area contributed by atoms with Crippen molar-refractivity contribution in [1.82, 2.24) is 4.57 Å². The highest BCUT2D eigenvalue weighted by Crippen LogP contribution is 2.18. The minimum Gasteiger partial charge on any atom is -0.311 e. The Balaban J connectivity index is 1.76. The van der Waals surface area contributed by atoms with E-state index in [4.69, 9.17) is 12.2 Å². The van der Waals surface area contributed by atoms with Gasteiger partial charge in [-0.15, -0.1) is 0 Å². The van der Waals surface area contributed by atoms with Gasteiger partial charge < -0.3 is 4.90 Å². The van der Waals surface area contributed by atoms with Gasteiger partial charge >= 0.3 is 0 Å². The lowest BCUT2D eigenvalue weighted by Crippen LogP contribution is -3.14. The molecule has 0 spiro atoms. The number of hydrogen-bond acceptors (Lipinski definition) is 3. The van der Waals surface area contributed by atoms with E-state index in [9.17, 15) is 5.26 Å². The standard InChI is InChI=1S/C19H23N5S/c1-14-15(2)17(12-20)19(25)24(16(14)3)13-22-8-10-23(11-9-22)18-6-4-5-7-21-18/h4-7H,8-11,13H2,1-3H3/p+2. The Bertz CT molecular complexity index is 858. The monoisotopic (exact) mass is 355 g/mol. The van der Waals surface area contributed by atoms with Gasteiger partial charge in [-0.1, -0.05) is 18.3 Å². The van der Waals surface area contributed by atoms with Crippen LogP contribution in [0.15, 0.2) is 24.4 Å². The SMILES string of the molecule is Cc1c(C)c(C)n(C[NH+]2CCN(c3cccc[nH+]3)CC2)c(=S)c1C#N. The van der Waals surface area contributed by atoms with Crippen molar-refractivity contribution >= 4 is 18.0 Å². The van der Waals surface area contributed by atoms with E-state index in [1.807, 2.05) is 19.2 Å². The molecule has 1 aliphatic heterocycles. The molecule has 0 bridgehead atoms. The molecular weight excluding hydrogens is 330 g/mol. The molecule has 5 nitrogen and oxygen atoms in total. The van der Waals surface area contributed by atoms with Crippen LogP contribution in [0.3, 0.4) is 0 Å². The number of H-pyrrole nitrogens is 1. The van der Waals surface area contributed by atoms with Crippen LogP contribution in [0.2, 0.25) is 0 Å². The predicted molar refractivity (Wildman–Crippen MR) is 100 cm³/mol. The van der Waals surface area contributed by atoms with E-state index >= 15 is 0 Å². The fourth-order valence-corrected chi connectivity index (χ4v) is 3.86. The number of hydrogen-bond donors (Lipinski definition) is 1. The molecule has 1 fully saturated rings. The Morgan fingerprint density at radius 3 is 2.52 bits per heavy atom. The summed E-state index contributed by atoms with van der Waals surface area (Å²) in [6.07, 6.45) is 1.97. The molecule has 0 aliphatic carbocycles. The molecule has 0 radical (unpaired) electrons. The second-order valence-corrected chi connectivity index (χ2v) is 7.09. The van der Waals surface area contributed by atoms with Crippen LogP contribution in [0.1, 0.15) is 22.4 Å². The summed E-state index contributed by atoms with van der Waals surface area (Å²) >= 11 is 5.61. The van der Waals surface area contributed by atoms with Crippen LogP contribution < -0.4 is 14.8 Å². The Morgan fingerprint density at radius 2 is 1.92 bits per heavy atom. The lowest BCUT2D eigenvalue weighted by molar-refractivity contribution is -0.923. The topological polar surface area (TPSA) is 50.5 Å². The molecule has 3 heterocycles. The van der Waals surface area contributed by atoms with Crippen molar-refractivity contribution in [2.24, 2.45) is 0 Å². The van der Waals surface area contributed by atoms with Crippen molar-refractivity contribution in [2.75, 3.05) is 31.1 Å². The van der Waals surface area contributed by atoms with Crippen LogP contribution in [0, 0.1) is 36.7 Å². The van der Waals surface area contributed by atoms with Crippen LogP contribution in [0.4, 0.5) is 5.82 Å². The second-order valence-electron chi connectivity index (χ2n) is 6.70. The van der Waals surface area contributed by atoms with Crippen LogP contribution in [-0.2, 0) is 6.67 Å². The maximum Gasteiger partial charge on any atom is 0.274 e. The van der Waals surface area contributed by atoms with Crippen LogP contribution in [0.25, 0.3) is 0 Å². The number of aromatic nitrogens is 2. The Morgan fingerprint density at radius 1 is 1.20 bits per heavy atom. The van der Waals surface area contributed by atoms with E-state index in [1.54, 1.807) is 0 Å². The normalized spacial score (nSPS) is 15.2.